The van der Waals surface area contributed by atoms with Gasteiger partial charge in [-0.15, -0.1) is 0 Å². The van der Waals surface area contributed by atoms with Crippen molar-refractivity contribution in [3.63, 3.8) is 0 Å². The van der Waals surface area contributed by atoms with Crippen molar-refractivity contribution in [2.45, 2.75) is 64.0 Å². The third kappa shape index (κ3) is 5.70. The predicted molar refractivity (Wildman–Crippen MR) is 56.3 cm³/mol. The Hall–Kier alpha value is -0.290. The van der Waals surface area contributed by atoms with Crippen LogP contribution in [0.15, 0.2) is 0 Å². The van der Waals surface area contributed by atoms with Gasteiger partial charge in [0, 0.05) is 12.6 Å². The van der Waals surface area contributed by atoms with E-state index in [1.807, 2.05) is 20.8 Å². The van der Waals surface area contributed by atoms with Gasteiger partial charge >= 0.3 is 6.18 Å². The highest BCUT2D eigenvalue weighted by atomic mass is 19.4. The lowest BCUT2D eigenvalue weighted by Gasteiger charge is -2.39. The number of nitrogens with one attached hydrogen (secondary N) is 1. The fourth-order valence-electron chi connectivity index (χ4n) is 1.75. The summed E-state index contributed by atoms with van der Waals surface area (Å²) in [7, 11) is 0. The minimum absolute atomic E-state index is 0.0103. The Labute approximate surface area is 94.5 Å². The summed E-state index contributed by atoms with van der Waals surface area (Å²) in [5.74, 6) is 0. The number of ether oxygens (including phenoxy) is 1. The predicted octanol–water partition coefficient (Wildman–Crippen LogP) is 2.87. The maximum Gasteiger partial charge on any atom is 0.390 e. The van der Waals surface area contributed by atoms with Crippen LogP contribution in [0.3, 0.4) is 0 Å². The molecular formula is C11H20F3NO. The summed E-state index contributed by atoms with van der Waals surface area (Å²) in [5, 5.41) is 2.89. The van der Waals surface area contributed by atoms with Crippen LogP contribution >= 0.6 is 0 Å². The molecule has 0 radical (unpaired) electrons. The molecule has 5 heteroatoms. The second-order valence-electron chi connectivity index (χ2n) is 5.34. The highest BCUT2D eigenvalue weighted by Gasteiger charge is 2.33. The van der Waals surface area contributed by atoms with Gasteiger partial charge in [0.15, 0.2) is 0 Å². The van der Waals surface area contributed by atoms with E-state index in [0.717, 1.165) is 12.8 Å². The Bertz CT molecular complexity index is 213. The van der Waals surface area contributed by atoms with Crippen LogP contribution in [0.1, 0.15) is 40.0 Å². The number of hydrogen-bond donors (Lipinski definition) is 1. The first kappa shape index (κ1) is 13.8. The zero-order chi connectivity index (χ0) is 12.4. The molecule has 0 atom stereocenters. The number of hydrogen-bond acceptors (Lipinski definition) is 2. The van der Waals surface area contributed by atoms with E-state index in [1.165, 1.54) is 0 Å². The smallest absolute Gasteiger partial charge is 0.373 e. The van der Waals surface area contributed by atoms with Crippen LogP contribution in [-0.2, 0) is 4.74 Å². The average Bonchev–Trinajstić information content (AvgIpc) is 1.94. The van der Waals surface area contributed by atoms with Crippen LogP contribution in [0.2, 0.25) is 0 Å². The summed E-state index contributed by atoms with van der Waals surface area (Å²) < 4.78 is 41.3. The molecule has 0 aromatic carbocycles. The molecule has 0 amide bonds. The molecule has 1 fully saturated rings. The molecule has 1 aliphatic carbocycles. The maximum absolute atomic E-state index is 11.9. The largest absolute Gasteiger partial charge is 0.390 e. The highest BCUT2D eigenvalue weighted by molar-refractivity contribution is 4.87. The van der Waals surface area contributed by atoms with E-state index in [2.05, 4.69) is 5.32 Å². The Balaban J connectivity index is 2.04. The highest BCUT2D eigenvalue weighted by Crippen LogP contribution is 2.28. The normalized spacial score (nSPS) is 26.6. The quantitative estimate of drug-likeness (QED) is 0.814. The molecule has 0 bridgehead atoms. The second-order valence-corrected chi connectivity index (χ2v) is 5.34. The summed E-state index contributed by atoms with van der Waals surface area (Å²) in [6, 6.07) is 0.190. The Morgan fingerprint density at radius 3 is 2.19 bits per heavy atom. The van der Waals surface area contributed by atoms with E-state index in [9.17, 15) is 13.2 Å². The monoisotopic (exact) mass is 239 g/mol. The van der Waals surface area contributed by atoms with E-state index < -0.39 is 12.6 Å². The van der Waals surface area contributed by atoms with E-state index >= 15 is 0 Å². The molecule has 1 saturated carbocycles. The first-order valence-electron chi connectivity index (χ1n) is 5.64. The van der Waals surface area contributed by atoms with Gasteiger partial charge in [-0.25, -0.2) is 0 Å². The lowest BCUT2D eigenvalue weighted by molar-refractivity contribution is -0.135. The van der Waals surface area contributed by atoms with Crippen molar-refractivity contribution < 1.29 is 17.9 Å². The average molecular weight is 239 g/mol. The molecule has 1 rings (SSSR count). The van der Waals surface area contributed by atoms with Gasteiger partial charge in [-0.3, -0.25) is 0 Å². The van der Waals surface area contributed by atoms with Gasteiger partial charge in [-0.05, 0) is 33.6 Å². The first-order valence-corrected chi connectivity index (χ1v) is 5.64. The van der Waals surface area contributed by atoms with Gasteiger partial charge in [0.05, 0.1) is 18.1 Å². The minimum Gasteiger partial charge on any atom is -0.373 e. The van der Waals surface area contributed by atoms with Gasteiger partial charge in [0.25, 0.3) is 0 Å². The van der Waals surface area contributed by atoms with Crippen molar-refractivity contribution in [3.05, 3.63) is 0 Å². The molecule has 1 aliphatic rings. The van der Waals surface area contributed by atoms with Crippen molar-refractivity contribution in [2.24, 2.45) is 0 Å². The zero-order valence-electron chi connectivity index (χ0n) is 10.0. The molecule has 0 spiro atoms. The molecule has 0 aromatic heterocycles. The van der Waals surface area contributed by atoms with Crippen molar-refractivity contribution in [2.75, 3.05) is 6.54 Å². The number of rotatable bonds is 4. The number of halogens is 3. The van der Waals surface area contributed by atoms with Crippen LogP contribution in [0, 0.1) is 0 Å². The molecule has 0 aromatic rings. The van der Waals surface area contributed by atoms with Crippen molar-refractivity contribution >= 4 is 0 Å². The van der Waals surface area contributed by atoms with Crippen LogP contribution < -0.4 is 5.32 Å². The van der Waals surface area contributed by atoms with Gasteiger partial charge in [0.1, 0.15) is 0 Å². The third-order valence-electron chi connectivity index (χ3n) is 2.46. The molecule has 1 N–H and O–H groups in total. The first-order chi connectivity index (χ1) is 7.16. The topological polar surface area (TPSA) is 21.3 Å². The SMILES string of the molecule is CC(C)(C)OC1CC(NCCC(F)(F)F)C1. The molecule has 2 nitrogen and oxygen atoms in total. The molecular weight excluding hydrogens is 219 g/mol. The molecule has 0 heterocycles. The molecule has 96 valence electrons. The molecule has 16 heavy (non-hydrogen) atoms. The molecule has 0 saturated heterocycles. The maximum atomic E-state index is 11.9. The Kier molecular flexibility index (Phi) is 4.23. The Morgan fingerprint density at radius 1 is 1.19 bits per heavy atom. The summed E-state index contributed by atoms with van der Waals surface area (Å²) in [5.41, 5.74) is -0.165. The van der Waals surface area contributed by atoms with E-state index in [-0.39, 0.29) is 24.3 Å². The van der Waals surface area contributed by atoms with Gasteiger partial charge < -0.3 is 10.1 Å². The lowest BCUT2D eigenvalue weighted by Crippen LogP contribution is -2.48. The lowest BCUT2D eigenvalue weighted by atomic mass is 9.88. The summed E-state index contributed by atoms with van der Waals surface area (Å²) >= 11 is 0. The van der Waals surface area contributed by atoms with E-state index in [1.54, 1.807) is 0 Å². The van der Waals surface area contributed by atoms with Crippen molar-refractivity contribution in [1.29, 1.82) is 0 Å². The van der Waals surface area contributed by atoms with Crippen LogP contribution in [0.5, 0.6) is 0 Å². The summed E-state index contributed by atoms with van der Waals surface area (Å²) in [6.07, 6.45) is -2.99. The fraction of sp³-hybridized carbons (Fsp3) is 1.00. The van der Waals surface area contributed by atoms with Crippen molar-refractivity contribution in [3.8, 4) is 0 Å². The molecule has 0 aliphatic heterocycles. The van der Waals surface area contributed by atoms with Gasteiger partial charge in [0.2, 0.25) is 0 Å². The third-order valence-corrected chi connectivity index (χ3v) is 2.46. The van der Waals surface area contributed by atoms with Crippen LogP contribution in [0.4, 0.5) is 13.2 Å². The van der Waals surface area contributed by atoms with E-state index in [0.29, 0.717) is 0 Å². The Morgan fingerprint density at radius 2 is 1.75 bits per heavy atom. The second kappa shape index (κ2) is 4.92. The van der Waals surface area contributed by atoms with Crippen LogP contribution in [-0.4, -0.2) is 30.5 Å². The summed E-state index contributed by atoms with van der Waals surface area (Å²) in [4.78, 5) is 0. The van der Waals surface area contributed by atoms with Gasteiger partial charge in [-0.2, -0.15) is 13.2 Å². The molecule has 0 unspecified atom stereocenters. The standard InChI is InChI=1S/C11H20F3NO/c1-10(2,3)16-9-6-8(7-9)15-5-4-11(12,13)14/h8-9,15H,4-7H2,1-3H3. The van der Waals surface area contributed by atoms with Crippen LogP contribution in [0.25, 0.3) is 0 Å². The fourth-order valence-corrected chi connectivity index (χ4v) is 1.75. The minimum atomic E-state index is -4.06. The van der Waals surface area contributed by atoms with Gasteiger partial charge in [-0.1, -0.05) is 0 Å². The zero-order valence-corrected chi connectivity index (χ0v) is 10.0. The van der Waals surface area contributed by atoms with Crippen molar-refractivity contribution in [1.82, 2.24) is 5.32 Å². The summed E-state index contributed by atoms with van der Waals surface area (Å²) in [6.45, 7) is 5.96. The number of alkyl halides is 3. The van der Waals surface area contributed by atoms with E-state index in [4.69, 9.17) is 4.74 Å².